The van der Waals surface area contributed by atoms with E-state index in [2.05, 4.69) is 5.10 Å². The first-order chi connectivity index (χ1) is 5.70. The van der Waals surface area contributed by atoms with E-state index in [1.807, 2.05) is 0 Å². The average Bonchev–Trinajstić information content (AvgIpc) is 2.75. The Morgan fingerprint density at radius 2 is 2.42 bits per heavy atom. The summed E-state index contributed by atoms with van der Waals surface area (Å²) in [6, 6.07) is 0.0816. The van der Waals surface area contributed by atoms with Crippen LogP contribution in [0.25, 0.3) is 0 Å². The minimum absolute atomic E-state index is 0.0816. The topological polar surface area (TPSA) is 55.1 Å². The summed E-state index contributed by atoms with van der Waals surface area (Å²) in [5.41, 5.74) is -0.345. The third kappa shape index (κ3) is 0.975. The van der Waals surface area contributed by atoms with Crippen molar-refractivity contribution in [1.29, 1.82) is 0 Å². The Balaban J connectivity index is 2.39. The van der Waals surface area contributed by atoms with Gasteiger partial charge in [0, 0.05) is 0 Å². The minimum Gasteiger partial charge on any atom is -0.477 e. The summed E-state index contributed by atoms with van der Waals surface area (Å²) in [7, 11) is 0. The number of aromatic carboxylic acids is 1. The molecule has 0 unspecified atom stereocenters. The molecule has 1 aliphatic rings. The Bertz CT molecular complexity index is 330. The Morgan fingerprint density at radius 3 is 2.83 bits per heavy atom. The highest BCUT2D eigenvalue weighted by Gasteiger charge is 2.29. The largest absolute Gasteiger partial charge is 0.477 e. The fraction of sp³-hybridized carbons (Fsp3) is 0.429. The van der Waals surface area contributed by atoms with Gasteiger partial charge >= 0.3 is 5.97 Å². The Hall–Kier alpha value is -1.39. The van der Waals surface area contributed by atoms with Gasteiger partial charge in [0.15, 0.2) is 0 Å². The van der Waals surface area contributed by atoms with Crippen LogP contribution in [-0.4, -0.2) is 20.9 Å². The molecule has 0 amide bonds. The predicted molar refractivity (Wildman–Crippen MR) is 37.4 cm³/mol. The summed E-state index contributed by atoms with van der Waals surface area (Å²) >= 11 is 0. The van der Waals surface area contributed by atoms with Crippen LogP contribution in [-0.2, 0) is 0 Å². The van der Waals surface area contributed by atoms with Gasteiger partial charge in [0.25, 0.3) is 0 Å². The minimum atomic E-state index is -1.26. The fourth-order valence-electron chi connectivity index (χ4n) is 1.06. The van der Waals surface area contributed by atoms with Crippen molar-refractivity contribution in [2.45, 2.75) is 18.9 Å². The zero-order valence-electron chi connectivity index (χ0n) is 6.20. The first kappa shape index (κ1) is 7.27. The molecule has 0 aliphatic heterocycles. The average molecular weight is 170 g/mol. The number of hydrogen-bond acceptors (Lipinski definition) is 2. The number of carbonyl (C=O) groups is 1. The molecule has 0 aromatic carbocycles. The van der Waals surface area contributed by atoms with Gasteiger partial charge in [-0.1, -0.05) is 0 Å². The van der Waals surface area contributed by atoms with Crippen LogP contribution in [0.3, 0.4) is 0 Å². The number of halogens is 1. The molecular formula is C7H7FN2O2. The van der Waals surface area contributed by atoms with Gasteiger partial charge in [-0.25, -0.2) is 9.48 Å². The summed E-state index contributed by atoms with van der Waals surface area (Å²) in [5, 5.41) is 12.1. The summed E-state index contributed by atoms with van der Waals surface area (Å²) in [6.07, 6.45) is 2.82. The number of nitrogens with zero attached hydrogens (tertiary/aromatic N) is 2. The van der Waals surface area contributed by atoms with E-state index in [1.54, 1.807) is 0 Å². The molecular weight excluding hydrogens is 163 g/mol. The number of aromatic nitrogens is 2. The SMILES string of the molecule is O=C(O)c1cnn(C2CC2)c1F. The Morgan fingerprint density at radius 1 is 1.75 bits per heavy atom. The number of rotatable bonds is 2. The second kappa shape index (κ2) is 2.30. The lowest BCUT2D eigenvalue weighted by Gasteiger charge is -1.96. The molecule has 1 aromatic rings. The summed E-state index contributed by atoms with van der Waals surface area (Å²) in [5.74, 6) is -2.00. The van der Waals surface area contributed by atoms with Crippen molar-refractivity contribution in [2.24, 2.45) is 0 Å². The van der Waals surface area contributed by atoms with Crippen molar-refractivity contribution in [2.75, 3.05) is 0 Å². The molecule has 0 saturated heterocycles. The third-order valence-electron chi connectivity index (χ3n) is 1.86. The van der Waals surface area contributed by atoms with E-state index in [0.717, 1.165) is 23.7 Å². The molecule has 1 N–H and O–H groups in total. The molecule has 0 atom stereocenters. The lowest BCUT2D eigenvalue weighted by Crippen LogP contribution is -2.03. The van der Waals surface area contributed by atoms with E-state index in [0.29, 0.717) is 0 Å². The number of hydrogen-bond donors (Lipinski definition) is 1. The van der Waals surface area contributed by atoms with Crippen LogP contribution >= 0.6 is 0 Å². The molecule has 1 saturated carbocycles. The van der Waals surface area contributed by atoms with Crippen molar-refractivity contribution in [3.05, 3.63) is 17.7 Å². The standard InChI is InChI=1S/C7H7FN2O2/c8-6-5(7(11)12)3-9-10(6)4-1-2-4/h3-4H,1-2H2,(H,11,12). The highest BCUT2D eigenvalue weighted by Crippen LogP contribution is 2.35. The maximum atomic E-state index is 13.1. The fourth-order valence-corrected chi connectivity index (χ4v) is 1.06. The zero-order chi connectivity index (χ0) is 8.72. The lowest BCUT2D eigenvalue weighted by molar-refractivity contribution is 0.0691. The van der Waals surface area contributed by atoms with Crippen LogP contribution in [0.2, 0.25) is 0 Å². The molecule has 0 radical (unpaired) electrons. The van der Waals surface area contributed by atoms with Gasteiger partial charge in [0.1, 0.15) is 5.56 Å². The quantitative estimate of drug-likeness (QED) is 0.721. The molecule has 1 heterocycles. The van der Waals surface area contributed by atoms with E-state index in [1.165, 1.54) is 0 Å². The molecule has 0 bridgehead atoms. The molecule has 12 heavy (non-hydrogen) atoms. The molecule has 64 valence electrons. The van der Waals surface area contributed by atoms with Crippen molar-refractivity contribution in [3.8, 4) is 0 Å². The van der Waals surface area contributed by atoms with Crippen molar-refractivity contribution < 1.29 is 14.3 Å². The van der Waals surface area contributed by atoms with Crippen LogP contribution in [0.15, 0.2) is 6.20 Å². The highest BCUT2D eigenvalue weighted by atomic mass is 19.1. The maximum absolute atomic E-state index is 13.1. The van der Waals surface area contributed by atoms with Gasteiger partial charge in [-0.2, -0.15) is 9.49 Å². The second-order valence-corrected chi connectivity index (χ2v) is 2.83. The van der Waals surface area contributed by atoms with E-state index in [9.17, 15) is 9.18 Å². The molecule has 0 spiro atoms. The number of carboxylic acid groups (broad SMARTS) is 1. The summed E-state index contributed by atoms with van der Waals surface area (Å²) in [4.78, 5) is 10.4. The molecule has 4 nitrogen and oxygen atoms in total. The van der Waals surface area contributed by atoms with Gasteiger partial charge in [0.05, 0.1) is 12.2 Å². The summed E-state index contributed by atoms with van der Waals surface area (Å²) in [6.45, 7) is 0. The monoisotopic (exact) mass is 170 g/mol. The van der Waals surface area contributed by atoms with Crippen LogP contribution in [0.5, 0.6) is 0 Å². The van der Waals surface area contributed by atoms with Crippen LogP contribution in [0.1, 0.15) is 29.2 Å². The smallest absolute Gasteiger partial charge is 0.342 e. The van der Waals surface area contributed by atoms with Crippen LogP contribution in [0, 0.1) is 5.95 Å². The van der Waals surface area contributed by atoms with Crippen LogP contribution < -0.4 is 0 Å². The Kier molecular flexibility index (Phi) is 1.39. The second-order valence-electron chi connectivity index (χ2n) is 2.83. The van der Waals surface area contributed by atoms with Crippen LogP contribution in [0.4, 0.5) is 4.39 Å². The van der Waals surface area contributed by atoms with Gasteiger partial charge in [-0.15, -0.1) is 0 Å². The maximum Gasteiger partial charge on any atom is 0.342 e. The molecule has 1 fully saturated rings. The molecule has 1 aromatic heterocycles. The van der Waals surface area contributed by atoms with Gasteiger partial charge in [-0.05, 0) is 12.8 Å². The van der Waals surface area contributed by atoms with E-state index >= 15 is 0 Å². The molecule has 2 rings (SSSR count). The predicted octanol–water partition coefficient (Wildman–Crippen LogP) is 1.06. The van der Waals surface area contributed by atoms with Crippen molar-refractivity contribution in [3.63, 3.8) is 0 Å². The summed E-state index contributed by atoms with van der Waals surface area (Å²) < 4.78 is 14.2. The first-order valence-corrected chi connectivity index (χ1v) is 3.66. The van der Waals surface area contributed by atoms with Gasteiger partial charge < -0.3 is 5.11 Å². The zero-order valence-corrected chi connectivity index (χ0v) is 6.20. The number of carboxylic acids is 1. The van der Waals surface area contributed by atoms with E-state index in [4.69, 9.17) is 5.11 Å². The van der Waals surface area contributed by atoms with E-state index < -0.39 is 11.9 Å². The molecule has 1 aliphatic carbocycles. The normalized spacial score (nSPS) is 16.4. The Labute approximate surface area is 67.6 Å². The lowest BCUT2D eigenvalue weighted by atomic mass is 10.4. The van der Waals surface area contributed by atoms with Gasteiger partial charge in [0.2, 0.25) is 5.95 Å². The van der Waals surface area contributed by atoms with Crippen molar-refractivity contribution in [1.82, 2.24) is 9.78 Å². The van der Waals surface area contributed by atoms with E-state index in [-0.39, 0.29) is 11.6 Å². The van der Waals surface area contributed by atoms with Crippen molar-refractivity contribution >= 4 is 5.97 Å². The third-order valence-corrected chi connectivity index (χ3v) is 1.86. The highest BCUT2D eigenvalue weighted by molar-refractivity contribution is 5.87. The van der Waals surface area contributed by atoms with Gasteiger partial charge in [-0.3, -0.25) is 0 Å². The first-order valence-electron chi connectivity index (χ1n) is 3.66. The molecule has 5 heteroatoms.